The summed E-state index contributed by atoms with van der Waals surface area (Å²) in [6, 6.07) is 6.82. The number of nitrogens with zero attached hydrogens (tertiary/aromatic N) is 2. The summed E-state index contributed by atoms with van der Waals surface area (Å²) in [6.45, 7) is 4.07. The van der Waals surface area contributed by atoms with E-state index in [0.717, 1.165) is 16.5 Å². The zero-order valence-corrected chi connectivity index (χ0v) is 25.1. The van der Waals surface area contributed by atoms with Crippen LogP contribution in [-0.4, -0.2) is 54.4 Å². The van der Waals surface area contributed by atoms with Crippen molar-refractivity contribution in [3.8, 4) is 16.9 Å². The minimum absolute atomic E-state index is 0.0356. The number of amides is 2. The quantitative estimate of drug-likeness (QED) is 0.152. The lowest BCUT2D eigenvalue weighted by molar-refractivity contribution is -0.126. The molecule has 216 valence electrons. The van der Waals surface area contributed by atoms with Crippen LogP contribution < -0.4 is 15.4 Å². The number of benzene rings is 1. The molecule has 2 N–H and O–H groups in total. The number of thiophene rings is 1. The minimum atomic E-state index is -3.26. The summed E-state index contributed by atoms with van der Waals surface area (Å²) in [5.74, 6) is -2.23. The second-order valence-corrected chi connectivity index (χ2v) is 9.93. The van der Waals surface area contributed by atoms with Crippen LogP contribution in [0.25, 0.3) is 21.3 Å². The number of pyridine rings is 2. The van der Waals surface area contributed by atoms with E-state index in [1.54, 1.807) is 35.8 Å². The zero-order valence-electron chi connectivity index (χ0n) is 22.0. The van der Waals surface area contributed by atoms with Crippen molar-refractivity contribution in [1.82, 2.24) is 15.3 Å². The SMILES string of the molecule is CC.COC(=O)c1csc2c(-c3cc(Cl)ccc3OCCNC(=O)c3c(Br)cncc3NC(=O)C(F)F)ccnc12. The highest BCUT2D eigenvalue weighted by Gasteiger charge is 2.22. The van der Waals surface area contributed by atoms with Crippen LogP contribution in [0.1, 0.15) is 34.6 Å². The lowest BCUT2D eigenvalue weighted by atomic mass is 10.0. The van der Waals surface area contributed by atoms with Gasteiger partial charge in [0.2, 0.25) is 0 Å². The number of carbonyl (C=O) groups excluding carboxylic acids is 3. The Morgan fingerprint density at radius 3 is 2.61 bits per heavy atom. The summed E-state index contributed by atoms with van der Waals surface area (Å²) >= 11 is 10.8. The second kappa shape index (κ2) is 14.8. The molecule has 0 aliphatic heterocycles. The van der Waals surface area contributed by atoms with Gasteiger partial charge in [-0.15, -0.1) is 11.3 Å². The molecule has 0 fully saturated rings. The number of hydrogen-bond acceptors (Lipinski definition) is 8. The molecule has 3 aromatic heterocycles. The van der Waals surface area contributed by atoms with E-state index in [-0.39, 0.29) is 28.9 Å². The van der Waals surface area contributed by atoms with Crippen LogP contribution in [0.2, 0.25) is 5.02 Å². The summed E-state index contributed by atoms with van der Waals surface area (Å²) in [7, 11) is 1.30. The number of methoxy groups -OCH3 is 1. The molecular formula is C27H24BrClF2N4O5S. The number of alkyl halides is 2. The topological polar surface area (TPSA) is 120 Å². The number of carbonyl (C=O) groups is 3. The molecule has 4 aromatic rings. The van der Waals surface area contributed by atoms with Crippen LogP contribution in [-0.2, 0) is 9.53 Å². The van der Waals surface area contributed by atoms with E-state index >= 15 is 0 Å². The summed E-state index contributed by atoms with van der Waals surface area (Å²) in [4.78, 5) is 44.5. The van der Waals surface area contributed by atoms with Crippen molar-refractivity contribution < 1.29 is 32.6 Å². The van der Waals surface area contributed by atoms with Gasteiger partial charge in [-0.25, -0.2) is 4.79 Å². The van der Waals surface area contributed by atoms with Gasteiger partial charge in [-0.3, -0.25) is 19.6 Å². The number of nitrogens with one attached hydrogen (secondary N) is 2. The Hall–Kier alpha value is -3.68. The molecule has 0 aliphatic carbocycles. The van der Waals surface area contributed by atoms with Gasteiger partial charge in [0.25, 0.3) is 11.8 Å². The lowest BCUT2D eigenvalue weighted by Crippen LogP contribution is -2.30. The van der Waals surface area contributed by atoms with Crippen molar-refractivity contribution in [2.75, 3.05) is 25.6 Å². The molecule has 9 nitrogen and oxygen atoms in total. The zero-order chi connectivity index (χ0) is 30.1. The number of fused-ring (bicyclic) bond motifs is 1. The summed E-state index contributed by atoms with van der Waals surface area (Å²) < 4.78 is 37.1. The van der Waals surface area contributed by atoms with Gasteiger partial charge in [0, 0.05) is 33.9 Å². The number of rotatable bonds is 9. The number of halogens is 4. The highest BCUT2D eigenvalue weighted by atomic mass is 79.9. The Labute approximate surface area is 251 Å². The van der Waals surface area contributed by atoms with E-state index in [9.17, 15) is 23.2 Å². The van der Waals surface area contributed by atoms with Gasteiger partial charge in [-0.05, 0) is 40.2 Å². The maximum atomic E-state index is 12.8. The van der Waals surface area contributed by atoms with Gasteiger partial charge < -0.3 is 20.1 Å². The fraction of sp³-hybridized carbons (Fsp3) is 0.222. The van der Waals surface area contributed by atoms with Crippen LogP contribution in [0.4, 0.5) is 14.5 Å². The molecule has 0 saturated heterocycles. The number of aromatic nitrogens is 2. The van der Waals surface area contributed by atoms with Gasteiger partial charge in [0.15, 0.2) is 0 Å². The third-order valence-corrected chi connectivity index (χ3v) is 7.16. The molecule has 0 saturated carbocycles. The van der Waals surface area contributed by atoms with Gasteiger partial charge in [-0.2, -0.15) is 8.78 Å². The first kappa shape index (κ1) is 31.8. The first-order valence-electron chi connectivity index (χ1n) is 12.1. The minimum Gasteiger partial charge on any atom is -0.491 e. The molecule has 3 heterocycles. The standard InChI is InChI=1S/C25H18BrClF2N4O5S.C2H6/c1-37-25(36)15-11-39-21-13(4-5-31-20(15)21)14-8-12(27)2-3-18(14)38-7-6-32-23(34)19-16(26)9-30-10-17(19)33-24(35)22(28)29;1-2/h2-5,8-11,22H,6-7H2,1H3,(H,32,34)(H,33,35);1-2H3. The maximum Gasteiger partial charge on any atom is 0.340 e. The predicted molar refractivity (Wildman–Crippen MR) is 157 cm³/mol. The predicted octanol–water partition coefficient (Wildman–Crippen LogP) is 6.60. The van der Waals surface area contributed by atoms with E-state index in [4.69, 9.17) is 21.1 Å². The Morgan fingerprint density at radius 2 is 1.90 bits per heavy atom. The molecule has 0 bridgehead atoms. The second-order valence-electron chi connectivity index (χ2n) is 7.76. The monoisotopic (exact) mass is 668 g/mol. The Kier molecular flexibility index (Phi) is 11.5. The summed E-state index contributed by atoms with van der Waals surface area (Å²) in [5, 5.41) is 6.75. The van der Waals surface area contributed by atoms with Crippen LogP contribution in [0, 0.1) is 0 Å². The third-order valence-electron chi connectivity index (χ3n) is 5.32. The lowest BCUT2D eigenvalue weighted by Gasteiger charge is -2.15. The molecule has 1 aromatic carbocycles. The molecular weight excluding hydrogens is 646 g/mol. The first-order valence-corrected chi connectivity index (χ1v) is 14.1. The molecule has 0 unspecified atom stereocenters. The molecule has 4 rings (SSSR count). The molecule has 0 aliphatic rings. The van der Waals surface area contributed by atoms with Gasteiger partial charge >= 0.3 is 12.4 Å². The smallest absolute Gasteiger partial charge is 0.340 e. The van der Waals surface area contributed by atoms with Crippen LogP contribution in [0.3, 0.4) is 0 Å². The molecule has 2 amide bonds. The number of hydrogen-bond donors (Lipinski definition) is 2. The third kappa shape index (κ3) is 7.54. The van der Waals surface area contributed by atoms with Crippen molar-refractivity contribution in [3.63, 3.8) is 0 Å². The van der Waals surface area contributed by atoms with Crippen LogP contribution in [0.15, 0.2) is 52.7 Å². The largest absolute Gasteiger partial charge is 0.491 e. The summed E-state index contributed by atoms with van der Waals surface area (Å²) in [6.07, 6.45) is 0.709. The van der Waals surface area contributed by atoms with Crippen molar-refractivity contribution in [1.29, 1.82) is 0 Å². The van der Waals surface area contributed by atoms with Gasteiger partial charge in [-0.1, -0.05) is 25.4 Å². The van der Waals surface area contributed by atoms with E-state index in [2.05, 4.69) is 31.2 Å². The maximum absolute atomic E-state index is 12.8. The van der Waals surface area contributed by atoms with Crippen LogP contribution in [0.5, 0.6) is 5.75 Å². The highest BCUT2D eigenvalue weighted by Crippen LogP contribution is 2.39. The average molecular weight is 670 g/mol. The van der Waals surface area contributed by atoms with E-state index in [1.807, 2.05) is 19.2 Å². The van der Waals surface area contributed by atoms with Crippen molar-refractivity contribution in [3.05, 3.63) is 68.9 Å². The van der Waals surface area contributed by atoms with E-state index in [0.29, 0.717) is 27.4 Å². The number of esters is 1. The van der Waals surface area contributed by atoms with Crippen molar-refractivity contribution in [2.24, 2.45) is 0 Å². The molecule has 0 spiro atoms. The number of anilines is 1. The fourth-order valence-corrected chi connectivity index (χ4v) is 5.31. The number of ether oxygens (including phenoxy) is 2. The Morgan fingerprint density at radius 1 is 1.15 bits per heavy atom. The van der Waals surface area contributed by atoms with Crippen molar-refractivity contribution in [2.45, 2.75) is 20.3 Å². The average Bonchev–Trinajstić information content (AvgIpc) is 3.41. The van der Waals surface area contributed by atoms with E-state index < -0.39 is 24.2 Å². The summed E-state index contributed by atoms with van der Waals surface area (Å²) in [5.41, 5.74) is 1.98. The van der Waals surface area contributed by atoms with Crippen molar-refractivity contribution >= 4 is 72.6 Å². The molecule has 0 atom stereocenters. The fourth-order valence-electron chi connectivity index (χ4n) is 3.60. The Balaban J connectivity index is 0.00000226. The first-order chi connectivity index (χ1) is 19.7. The van der Waals surface area contributed by atoms with Crippen LogP contribution >= 0.6 is 38.9 Å². The van der Waals surface area contributed by atoms with Gasteiger partial charge in [0.05, 0.1) is 51.4 Å². The Bertz CT molecular complexity index is 1570. The van der Waals surface area contributed by atoms with E-state index in [1.165, 1.54) is 24.6 Å². The normalized spacial score (nSPS) is 10.5. The molecule has 41 heavy (non-hydrogen) atoms. The highest BCUT2D eigenvalue weighted by molar-refractivity contribution is 9.10. The molecule has 14 heteroatoms. The molecule has 0 radical (unpaired) electrons. The van der Waals surface area contributed by atoms with Gasteiger partial charge in [0.1, 0.15) is 12.4 Å².